The van der Waals surface area contributed by atoms with Crippen molar-refractivity contribution in [2.45, 2.75) is 26.2 Å². The van der Waals surface area contributed by atoms with Gasteiger partial charge in [-0.15, -0.1) is 0 Å². The maximum absolute atomic E-state index is 4.33. The van der Waals surface area contributed by atoms with E-state index in [0.29, 0.717) is 0 Å². The summed E-state index contributed by atoms with van der Waals surface area (Å²) in [6.45, 7) is 6.61. The van der Waals surface area contributed by atoms with Gasteiger partial charge in [-0.2, -0.15) is 0 Å². The van der Waals surface area contributed by atoms with Gasteiger partial charge in [-0.1, -0.05) is 32.9 Å². The third-order valence-corrected chi connectivity index (χ3v) is 2.26. The lowest BCUT2D eigenvalue weighted by atomic mass is 9.86. The monoisotopic (exact) mass is 176 g/mol. The van der Waals surface area contributed by atoms with Crippen molar-refractivity contribution in [1.29, 1.82) is 0 Å². The van der Waals surface area contributed by atoms with E-state index in [9.17, 15) is 0 Å². The van der Waals surface area contributed by atoms with Crippen LogP contribution in [0, 0.1) is 0 Å². The topological polar surface area (TPSA) is 28.7 Å². The van der Waals surface area contributed by atoms with Crippen LogP contribution in [0.3, 0.4) is 0 Å². The van der Waals surface area contributed by atoms with Crippen molar-refractivity contribution in [2.24, 2.45) is 0 Å². The van der Waals surface area contributed by atoms with Gasteiger partial charge >= 0.3 is 0 Å². The molecule has 0 unspecified atom stereocenters. The summed E-state index contributed by atoms with van der Waals surface area (Å²) in [5, 5.41) is 0. The number of hydrogen-bond donors (Lipinski definition) is 1. The molecule has 1 N–H and O–H groups in total. The van der Waals surface area contributed by atoms with Gasteiger partial charge in [-0.3, -0.25) is 0 Å². The first-order chi connectivity index (χ1) is 6.09. The zero-order valence-electron chi connectivity index (χ0n) is 8.26. The first-order valence-electron chi connectivity index (χ1n) is 4.51. The van der Waals surface area contributed by atoms with Crippen LogP contribution in [0.2, 0.25) is 0 Å². The van der Waals surface area contributed by atoms with Gasteiger partial charge in [0, 0.05) is 1.43 Å². The van der Waals surface area contributed by atoms with Gasteiger partial charge in [0.1, 0.15) is 0 Å². The Kier molecular flexibility index (Phi) is 1.65. The molecular weight excluding hydrogens is 160 g/mol. The largest absolute Gasteiger partial charge is 0.345 e. The van der Waals surface area contributed by atoms with Crippen LogP contribution >= 0.6 is 0 Å². The number of hydrogen-bond acceptors (Lipinski definition) is 1. The standard InChI is InChI=1S/C11H14N2.H2/c1-11(2,3)8-5-4-6-9-10(8)13-7-12-9;/h4-7H,1-3H3,(H,12,13);1H. The molecule has 0 spiro atoms. The zero-order chi connectivity index (χ0) is 9.47. The average Bonchev–Trinajstić information content (AvgIpc) is 2.48. The molecule has 1 aromatic heterocycles. The van der Waals surface area contributed by atoms with Crippen molar-refractivity contribution in [1.82, 2.24) is 9.97 Å². The number of fused-ring (bicyclic) bond motifs is 1. The smallest absolute Gasteiger partial charge is 0.0931 e. The molecule has 0 saturated carbocycles. The molecule has 2 nitrogen and oxygen atoms in total. The molecule has 0 bridgehead atoms. The number of aromatic nitrogens is 2. The normalized spacial score (nSPS) is 12.2. The highest BCUT2D eigenvalue weighted by molar-refractivity contribution is 5.79. The summed E-state index contributed by atoms with van der Waals surface area (Å²) < 4.78 is 0. The Bertz CT molecular complexity index is 426. The van der Waals surface area contributed by atoms with Crippen LogP contribution in [0.25, 0.3) is 11.0 Å². The molecule has 2 aromatic rings. The van der Waals surface area contributed by atoms with Gasteiger partial charge in [-0.25, -0.2) is 4.98 Å². The summed E-state index contributed by atoms with van der Waals surface area (Å²) in [4.78, 5) is 7.45. The van der Waals surface area contributed by atoms with Crippen LogP contribution in [-0.2, 0) is 5.41 Å². The number of nitrogens with one attached hydrogen (secondary N) is 1. The van der Waals surface area contributed by atoms with Crippen molar-refractivity contribution in [3.63, 3.8) is 0 Å². The van der Waals surface area contributed by atoms with Crippen LogP contribution in [0.4, 0.5) is 0 Å². The summed E-state index contributed by atoms with van der Waals surface area (Å²) in [5.41, 5.74) is 3.67. The summed E-state index contributed by atoms with van der Waals surface area (Å²) in [7, 11) is 0. The Morgan fingerprint density at radius 1 is 1.31 bits per heavy atom. The third-order valence-electron chi connectivity index (χ3n) is 2.26. The number of rotatable bonds is 0. The first-order valence-corrected chi connectivity index (χ1v) is 4.51. The molecule has 0 aliphatic heterocycles. The highest BCUT2D eigenvalue weighted by atomic mass is 14.9. The van der Waals surface area contributed by atoms with Gasteiger partial charge in [0.15, 0.2) is 0 Å². The second kappa shape index (κ2) is 2.59. The quantitative estimate of drug-likeness (QED) is 0.656. The van der Waals surface area contributed by atoms with E-state index in [1.54, 1.807) is 6.33 Å². The molecule has 0 atom stereocenters. The SMILES string of the molecule is CC(C)(C)c1cccc2[nH]cnc12.[HH]. The van der Waals surface area contributed by atoms with E-state index in [1.807, 2.05) is 0 Å². The Hall–Kier alpha value is -1.31. The molecular formula is C11H16N2. The molecule has 70 valence electrons. The molecule has 1 aromatic carbocycles. The molecule has 0 amide bonds. The molecule has 0 fully saturated rings. The van der Waals surface area contributed by atoms with Crippen LogP contribution in [0.1, 0.15) is 27.8 Å². The first kappa shape index (κ1) is 8.30. The Labute approximate surface area is 79.5 Å². The lowest BCUT2D eigenvalue weighted by Crippen LogP contribution is -2.11. The summed E-state index contributed by atoms with van der Waals surface area (Å²) in [6, 6.07) is 6.27. The van der Waals surface area contributed by atoms with Crippen molar-refractivity contribution < 1.29 is 1.43 Å². The lowest BCUT2D eigenvalue weighted by Gasteiger charge is -2.18. The fraction of sp³-hybridized carbons (Fsp3) is 0.364. The summed E-state index contributed by atoms with van der Waals surface area (Å²) >= 11 is 0. The molecule has 13 heavy (non-hydrogen) atoms. The van der Waals surface area contributed by atoms with Gasteiger partial charge in [0.05, 0.1) is 17.4 Å². The number of imidazole rings is 1. The Morgan fingerprint density at radius 3 is 2.77 bits per heavy atom. The Morgan fingerprint density at radius 2 is 2.08 bits per heavy atom. The van der Waals surface area contributed by atoms with Crippen LogP contribution in [0.15, 0.2) is 24.5 Å². The molecule has 2 rings (SSSR count). The number of para-hydroxylation sites is 1. The molecule has 2 heteroatoms. The second-order valence-electron chi connectivity index (χ2n) is 4.35. The third kappa shape index (κ3) is 1.32. The highest BCUT2D eigenvalue weighted by Crippen LogP contribution is 2.27. The van der Waals surface area contributed by atoms with E-state index in [1.165, 1.54) is 5.56 Å². The minimum Gasteiger partial charge on any atom is -0.345 e. The zero-order valence-corrected chi connectivity index (χ0v) is 8.26. The van der Waals surface area contributed by atoms with E-state index in [-0.39, 0.29) is 6.84 Å². The molecule has 0 aliphatic rings. The van der Waals surface area contributed by atoms with E-state index in [4.69, 9.17) is 0 Å². The minimum atomic E-state index is 0. The van der Waals surface area contributed by atoms with E-state index >= 15 is 0 Å². The number of aromatic amines is 1. The lowest BCUT2D eigenvalue weighted by molar-refractivity contribution is 0.595. The summed E-state index contributed by atoms with van der Waals surface area (Å²) in [5.74, 6) is 0. The Balaban J connectivity index is 0.000000980. The molecule has 0 aliphatic carbocycles. The van der Waals surface area contributed by atoms with Crippen LogP contribution in [0.5, 0.6) is 0 Å². The van der Waals surface area contributed by atoms with Crippen molar-refractivity contribution in [3.8, 4) is 0 Å². The fourth-order valence-corrected chi connectivity index (χ4v) is 1.57. The second-order valence-corrected chi connectivity index (χ2v) is 4.35. The maximum atomic E-state index is 4.33. The van der Waals surface area contributed by atoms with Crippen molar-refractivity contribution in [2.75, 3.05) is 0 Å². The van der Waals surface area contributed by atoms with Crippen molar-refractivity contribution in [3.05, 3.63) is 30.1 Å². The van der Waals surface area contributed by atoms with Crippen LogP contribution in [-0.4, -0.2) is 9.97 Å². The molecule has 0 radical (unpaired) electrons. The summed E-state index contributed by atoms with van der Waals surface area (Å²) in [6.07, 6.45) is 1.75. The predicted octanol–water partition coefficient (Wildman–Crippen LogP) is 3.11. The molecule has 0 saturated heterocycles. The van der Waals surface area contributed by atoms with E-state index in [0.717, 1.165) is 11.0 Å². The van der Waals surface area contributed by atoms with Crippen molar-refractivity contribution >= 4 is 11.0 Å². The number of nitrogens with zero attached hydrogens (tertiary/aromatic N) is 1. The fourth-order valence-electron chi connectivity index (χ4n) is 1.57. The maximum Gasteiger partial charge on any atom is 0.0931 e. The van der Waals surface area contributed by atoms with Gasteiger partial charge in [0.2, 0.25) is 0 Å². The van der Waals surface area contributed by atoms with Crippen LogP contribution < -0.4 is 0 Å². The molecule has 1 heterocycles. The minimum absolute atomic E-state index is 0. The van der Waals surface area contributed by atoms with E-state index < -0.39 is 0 Å². The highest BCUT2D eigenvalue weighted by Gasteiger charge is 2.17. The number of benzene rings is 1. The predicted molar refractivity (Wildman–Crippen MR) is 56.9 cm³/mol. The van der Waals surface area contributed by atoms with Gasteiger partial charge < -0.3 is 4.98 Å². The average molecular weight is 176 g/mol. The van der Waals surface area contributed by atoms with Gasteiger partial charge in [0.25, 0.3) is 0 Å². The number of H-pyrrole nitrogens is 1. The van der Waals surface area contributed by atoms with Gasteiger partial charge in [-0.05, 0) is 17.0 Å². The van der Waals surface area contributed by atoms with E-state index in [2.05, 4.69) is 48.9 Å².